The normalized spacial score (nSPS) is 17.8. The summed E-state index contributed by atoms with van der Waals surface area (Å²) in [5, 5.41) is 10.1. The van der Waals surface area contributed by atoms with E-state index in [-0.39, 0.29) is 0 Å². The lowest BCUT2D eigenvalue weighted by atomic mass is 10.0. The SMILES string of the molecule is C=C(NC1=NC(C2=C(Cl)NCC=C2)Nc2ccccc21)c1cc(F)cc(F)c1C. The molecule has 2 aromatic rings. The fourth-order valence-electron chi connectivity index (χ4n) is 3.33. The van der Waals surface area contributed by atoms with Gasteiger partial charge in [-0.3, -0.25) is 0 Å². The topological polar surface area (TPSA) is 48.5 Å². The molecule has 1 unspecified atom stereocenters. The lowest BCUT2D eigenvalue weighted by Crippen LogP contribution is -2.35. The first-order valence-electron chi connectivity index (χ1n) is 9.10. The highest BCUT2D eigenvalue weighted by Crippen LogP contribution is 2.28. The molecule has 2 aliphatic heterocycles. The van der Waals surface area contributed by atoms with Crippen LogP contribution in [0.4, 0.5) is 14.5 Å². The Kier molecular flexibility index (Phi) is 5.11. The summed E-state index contributed by atoms with van der Waals surface area (Å²) in [5.41, 5.74) is 3.50. The van der Waals surface area contributed by atoms with Crippen molar-refractivity contribution in [3.05, 3.63) is 94.2 Å². The van der Waals surface area contributed by atoms with E-state index >= 15 is 0 Å². The zero-order valence-corrected chi connectivity index (χ0v) is 16.4. The average molecular weight is 413 g/mol. The summed E-state index contributed by atoms with van der Waals surface area (Å²) >= 11 is 6.33. The van der Waals surface area contributed by atoms with Crippen LogP contribution in [0.5, 0.6) is 0 Å². The van der Waals surface area contributed by atoms with Gasteiger partial charge in [-0.25, -0.2) is 13.8 Å². The molecule has 0 spiro atoms. The minimum Gasteiger partial charge on any atom is -0.372 e. The smallest absolute Gasteiger partial charge is 0.150 e. The van der Waals surface area contributed by atoms with Crippen molar-refractivity contribution in [1.82, 2.24) is 10.6 Å². The molecule has 1 atom stereocenters. The lowest BCUT2D eigenvalue weighted by Gasteiger charge is -2.29. The van der Waals surface area contributed by atoms with Crippen molar-refractivity contribution in [2.45, 2.75) is 13.1 Å². The summed E-state index contributed by atoms with van der Waals surface area (Å²) < 4.78 is 27.7. The van der Waals surface area contributed by atoms with Crippen molar-refractivity contribution >= 4 is 28.8 Å². The summed E-state index contributed by atoms with van der Waals surface area (Å²) in [7, 11) is 0. The van der Waals surface area contributed by atoms with Crippen molar-refractivity contribution in [3.63, 3.8) is 0 Å². The summed E-state index contributed by atoms with van der Waals surface area (Å²) in [6, 6.07) is 9.76. The average Bonchev–Trinajstić information content (AvgIpc) is 2.71. The highest BCUT2D eigenvalue weighted by molar-refractivity contribution is 6.30. The van der Waals surface area contributed by atoms with Gasteiger partial charge >= 0.3 is 0 Å². The molecule has 7 heteroatoms. The number of dihydropyridines is 1. The van der Waals surface area contributed by atoms with Crippen LogP contribution in [-0.2, 0) is 0 Å². The number of para-hydroxylation sites is 1. The number of hydrogen-bond donors (Lipinski definition) is 3. The van der Waals surface area contributed by atoms with Crippen LogP contribution in [0.2, 0.25) is 0 Å². The van der Waals surface area contributed by atoms with Crippen LogP contribution in [-0.4, -0.2) is 18.5 Å². The highest BCUT2D eigenvalue weighted by atomic mass is 35.5. The molecule has 0 saturated carbocycles. The molecule has 3 N–H and O–H groups in total. The molecule has 2 aliphatic rings. The third-order valence-electron chi connectivity index (χ3n) is 4.86. The van der Waals surface area contributed by atoms with Gasteiger partial charge in [0.25, 0.3) is 0 Å². The Hall–Kier alpha value is -3.12. The summed E-state index contributed by atoms with van der Waals surface area (Å²) in [5.74, 6) is -0.745. The monoisotopic (exact) mass is 412 g/mol. The van der Waals surface area contributed by atoms with Gasteiger partial charge in [-0.1, -0.05) is 42.5 Å². The van der Waals surface area contributed by atoms with Crippen molar-refractivity contribution in [1.29, 1.82) is 0 Å². The van der Waals surface area contributed by atoms with Gasteiger partial charge < -0.3 is 16.0 Å². The molecule has 2 heterocycles. The molecule has 0 saturated heterocycles. The first kappa shape index (κ1) is 19.2. The van der Waals surface area contributed by atoms with E-state index in [1.807, 2.05) is 36.4 Å². The number of benzene rings is 2. The van der Waals surface area contributed by atoms with Crippen LogP contribution in [0.15, 0.2) is 70.9 Å². The molecule has 0 aliphatic carbocycles. The fourth-order valence-corrected chi connectivity index (χ4v) is 3.57. The Balaban J connectivity index is 1.72. The van der Waals surface area contributed by atoms with Gasteiger partial charge in [-0.2, -0.15) is 0 Å². The Morgan fingerprint density at radius 2 is 2.07 bits per heavy atom. The van der Waals surface area contributed by atoms with Gasteiger partial charge in [-0.05, 0) is 30.7 Å². The number of amidine groups is 1. The largest absolute Gasteiger partial charge is 0.372 e. The zero-order valence-electron chi connectivity index (χ0n) is 15.7. The third-order valence-corrected chi connectivity index (χ3v) is 5.21. The van der Waals surface area contributed by atoms with Crippen LogP contribution in [0.1, 0.15) is 16.7 Å². The van der Waals surface area contributed by atoms with Gasteiger partial charge in [0.05, 0.1) is 0 Å². The van der Waals surface area contributed by atoms with Crippen molar-refractivity contribution < 1.29 is 8.78 Å². The number of anilines is 1. The predicted molar refractivity (Wildman–Crippen MR) is 114 cm³/mol. The minimum atomic E-state index is -0.660. The molecular weight excluding hydrogens is 394 g/mol. The summed E-state index contributed by atoms with van der Waals surface area (Å²) in [6.45, 7) is 6.22. The second-order valence-electron chi connectivity index (χ2n) is 6.79. The Morgan fingerprint density at radius 3 is 2.86 bits per heavy atom. The van der Waals surface area contributed by atoms with E-state index in [1.165, 1.54) is 6.07 Å². The van der Waals surface area contributed by atoms with Gasteiger partial charge in [-0.15, -0.1) is 0 Å². The number of nitrogens with one attached hydrogen (secondary N) is 3. The molecule has 0 amide bonds. The van der Waals surface area contributed by atoms with Gasteiger partial charge in [0.2, 0.25) is 0 Å². The van der Waals surface area contributed by atoms with E-state index < -0.39 is 17.8 Å². The van der Waals surface area contributed by atoms with Gasteiger partial charge in [0, 0.05) is 40.7 Å². The molecule has 0 fully saturated rings. The molecule has 2 aromatic carbocycles. The maximum Gasteiger partial charge on any atom is 0.150 e. The number of rotatable bonds is 3. The zero-order chi connectivity index (χ0) is 20.5. The molecule has 29 heavy (non-hydrogen) atoms. The number of fused-ring (bicyclic) bond motifs is 1. The second-order valence-corrected chi connectivity index (χ2v) is 7.16. The van der Waals surface area contributed by atoms with Crippen molar-refractivity contribution in [2.75, 3.05) is 11.9 Å². The van der Waals surface area contributed by atoms with E-state index in [0.29, 0.717) is 34.4 Å². The van der Waals surface area contributed by atoms with E-state index in [4.69, 9.17) is 16.6 Å². The van der Waals surface area contributed by atoms with Crippen LogP contribution in [0.3, 0.4) is 0 Å². The van der Waals surface area contributed by atoms with Crippen LogP contribution < -0.4 is 16.0 Å². The standard InChI is InChI=1S/C22H19ClF2N4/c1-12-17(10-14(24)11-18(12)25)13(2)27-21-15-6-3-4-8-19(15)28-22(29-21)16-7-5-9-26-20(16)23/h3-8,10-11,22,26,28H,2,9H2,1H3,(H,27,29). The first-order valence-corrected chi connectivity index (χ1v) is 9.47. The number of hydrogen-bond acceptors (Lipinski definition) is 4. The fraction of sp³-hybridized carbons (Fsp3) is 0.136. The van der Waals surface area contributed by atoms with Crippen LogP contribution in [0, 0.1) is 18.6 Å². The summed E-state index contributed by atoms with van der Waals surface area (Å²) in [6.07, 6.45) is 3.46. The minimum absolute atomic E-state index is 0.313. The van der Waals surface area contributed by atoms with E-state index in [0.717, 1.165) is 22.9 Å². The Morgan fingerprint density at radius 1 is 1.28 bits per heavy atom. The Bertz CT molecular complexity index is 1090. The first-order chi connectivity index (χ1) is 13.9. The number of halogens is 3. The number of aliphatic imine (C=N–C) groups is 1. The predicted octanol–water partition coefficient (Wildman–Crippen LogP) is 4.64. The molecular formula is C22H19ClF2N4. The summed E-state index contributed by atoms with van der Waals surface area (Å²) in [4.78, 5) is 4.75. The highest BCUT2D eigenvalue weighted by Gasteiger charge is 2.25. The molecule has 4 nitrogen and oxygen atoms in total. The third kappa shape index (κ3) is 3.76. The van der Waals surface area contributed by atoms with E-state index in [1.54, 1.807) is 6.92 Å². The molecule has 4 rings (SSSR count). The van der Waals surface area contributed by atoms with Crippen LogP contribution >= 0.6 is 11.6 Å². The molecule has 0 radical (unpaired) electrons. The number of nitrogens with zero attached hydrogens (tertiary/aromatic N) is 1. The van der Waals surface area contributed by atoms with Crippen molar-refractivity contribution in [3.8, 4) is 0 Å². The molecule has 0 bridgehead atoms. The Labute approximate surface area is 172 Å². The second kappa shape index (κ2) is 7.72. The molecule has 148 valence electrons. The van der Waals surface area contributed by atoms with Crippen molar-refractivity contribution in [2.24, 2.45) is 4.99 Å². The van der Waals surface area contributed by atoms with Crippen LogP contribution in [0.25, 0.3) is 5.70 Å². The van der Waals surface area contributed by atoms with E-state index in [9.17, 15) is 8.78 Å². The van der Waals surface area contributed by atoms with Gasteiger partial charge in [0.1, 0.15) is 28.8 Å². The van der Waals surface area contributed by atoms with Gasteiger partial charge in [0.15, 0.2) is 0 Å². The maximum atomic E-state index is 14.0. The maximum absolute atomic E-state index is 14.0. The molecule has 0 aromatic heterocycles. The quantitative estimate of drug-likeness (QED) is 0.643. The lowest BCUT2D eigenvalue weighted by molar-refractivity contribution is 0.576. The van der Waals surface area contributed by atoms with E-state index in [2.05, 4.69) is 22.5 Å².